The monoisotopic (exact) mass is 572 g/mol. The smallest absolute Gasteiger partial charge is 0.303 e. The van der Waals surface area contributed by atoms with E-state index in [0.717, 1.165) is 26.3 Å². The Morgan fingerprint density at radius 3 is 1.93 bits per heavy atom. The fourth-order valence-electron chi connectivity index (χ4n) is 4.10. The van der Waals surface area contributed by atoms with E-state index in [2.05, 4.69) is 0 Å². The van der Waals surface area contributed by atoms with Crippen LogP contribution in [-0.4, -0.2) is 73.4 Å². The molecule has 2 aromatic carbocycles. The Bertz CT molecular complexity index is 1270. The number of hydrogen-bond acceptors (Lipinski definition) is 12. The molecule has 1 aliphatic heterocycles. The van der Waals surface area contributed by atoms with E-state index in [1.807, 2.05) is 18.2 Å². The average Bonchev–Trinajstić information content (AvgIpc) is 2.89. The van der Waals surface area contributed by atoms with Crippen LogP contribution in [0.4, 0.5) is 0 Å². The number of hydrogen-bond donors (Lipinski definition) is 1. The molecule has 1 aliphatic rings. The van der Waals surface area contributed by atoms with Crippen LogP contribution >= 0.6 is 0 Å². The van der Waals surface area contributed by atoms with Gasteiger partial charge in [0.05, 0.1) is 7.11 Å². The van der Waals surface area contributed by atoms with E-state index in [1.54, 1.807) is 31.4 Å². The summed E-state index contributed by atoms with van der Waals surface area (Å²) in [7, 11) is 1.57. The van der Waals surface area contributed by atoms with Gasteiger partial charge in [0.25, 0.3) is 0 Å². The van der Waals surface area contributed by atoms with Gasteiger partial charge < -0.3 is 38.3 Å². The van der Waals surface area contributed by atoms with Gasteiger partial charge in [-0.25, -0.2) is 0 Å². The largest absolute Gasteiger partial charge is 0.508 e. The highest BCUT2D eigenvalue weighted by atomic mass is 16.7. The predicted octanol–water partition coefficient (Wildman–Crippen LogP) is 3.03. The van der Waals surface area contributed by atoms with Crippen molar-refractivity contribution in [3.05, 3.63) is 53.6 Å². The van der Waals surface area contributed by atoms with Crippen LogP contribution < -0.4 is 9.47 Å². The highest BCUT2D eigenvalue weighted by Crippen LogP contribution is 2.32. The molecule has 0 amide bonds. The first-order valence-electron chi connectivity index (χ1n) is 12.6. The lowest BCUT2D eigenvalue weighted by Gasteiger charge is -2.43. The number of aromatic hydroxyl groups is 1. The number of ether oxygens (including phenoxy) is 7. The number of carbonyl (C=O) groups is 4. The van der Waals surface area contributed by atoms with Gasteiger partial charge in [-0.3, -0.25) is 19.2 Å². The first-order valence-corrected chi connectivity index (χ1v) is 12.6. The van der Waals surface area contributed by atoms with Gasteiger partial charge in [0.15, 0.2) is 12.2 Å². The lowest BCUT2D eigenvalue weighted by atomic mass is 9.98. The summed E-state index contributed by atoms with van der Waals surface area (Å²) in [6.45, 7) is 4.16. The average molecular weight is 573 g/mol. The first-order chi connectivity index (χ1) is 19.4. The van der Waals surface area contributed by atoms with Crippen molar-refractivity contribution in [2.45, 2.75) is 58.4 Å². The molecule has 3 rings (SSSR count). The molecule has 12 heteroatoms. The van der Waals surface area contributed by atoms with Crippen molar-refractivity contribution in [3.8, 4) is 17.2 Å². The number of phenols is 1. The molecule has 220 valence electrons. The van der Waals surface area contributed by atoms with Crippen LogP contribution in [0.1, 0.15) is 38.8 Å². The Hall–Kier alpha value is -4.58. The summed E-state index contributed by atoms with van der Waals surface area (Å²) in [6, 6.07) is 11.7. The predicted molar refractivity (Wildman–Crippen MR) is 143 cm³/mol. The molecular weight excluding hydrogens is 540 g/mol. The number of phenolic OH excluding ortho intramolecular Hbond substituents is 1. The molecule has 0 saturated carbocycles. The van der Waals surface area contributed by atoms with E-state index >= 15 is 0 Å². The molecule has 12 nitrogen and oxygen atoms in total. The van der Waals surface area contributed by atoms with Crippen molar-refractivity contribution in [1.82, 2.24) is 0 Å². The maximum atomic E-state index is 12.0. The molecule has 41 heavy (non-hydrogen) atoms. The number of rotatable bonds is 10. The summed E-state index contributed by atoms with van der Waals surface area (Å²) in [4.78, 5) is 47.4. The maximum Gasteiger partial charge on any atom is 0.303 e. The van der Waals surface area contributed by atoms with Crippen molar-refractivity contribution in [3.63, 3.8) is 0 Å². The van der Waals surface area contributed by atoms with Crippen molar-refractivity contribution in [1.29, 1.82) is 0 Å². The quantitative estimate of drug-likeness (QED) is 0.253. The molecule has 5 atom stereocenters. The summed E-state index contributed by atoms with van der Waals surface area (Å²) < 4.78 is 38.4. The summed E-state index contributed by atoms with van der Waals surface area (Å²) >= 11 is 0. The second-order valence-electron chi connectivity index (χ2n) is 9.05. The van der Waals surface area contributed by atoms with Gasteiger partial charge in [0.2, 0.25) is 12.4 Å². The third-order valence-electron chi connectivity index (χ3n) is 5.70. The van der Waals surface area contributed by atoms with Crippen LogP contribution in [0.5, 0.6) is 17.2 Å². The van der Waals surface area contributed by atoms with Crippen LogP contribution in [0.3, 0.4) is 0 Å². The zero-order valence-corrected chi connectivity index (χ0v) is 23.2. The normalized spacial score (nSPS) is 21.9. The zero-order chi connectivity index (χ0) is 30.1. The highest BCUT2D eigenvalue weighted by Gasteiger charge is 2.53. The Morgan fingerprint density at radius 2 is 1.34 bits per heavy atom. The van der Waals surface area contributed by atoms with Gasteiger partial charge in [-0.1, -0.05) is 24.3 Å². The van der Waals surface area contributed by atoms with Crippen molar-refractivity contribution < 1.29 is 57.4 Å². The summed E-state index contributed by atoms with van der Waals surface area (Å²) in [5.74, 6) is -2.23. The molecule has 2 aromatic rings. The molecule has 0 radical (unpaired) electrons. The van der Waals surface area contributed by atoms with Crippen molar-refractivity contribution in [2.24, 2.45) is 0 Å². The Labute approximate surface area is 236 Å². The van der Waals surface area contributed by atoms with E-state index < -0.39 is 61.2 Å². The lowest BCUT2D eigenvalue weighted by molar-refractivity contribution is -0.288. The summed E-state index contributed by atoms with van der Waals surface area (Å²) in [5.41, 5.74) is 1.43. The molecule has 0 bridgehead atoms. The fraction of sp³-hybridized carbons (Fsp3) is 0.379. The van der Waals surface area contributed by atoms with Crippen LogP contribution in [-0.2, 0) is 42.9 Å². The lowest BCUT2D eigenvalue weighted by Crippen LogP contribution is -2.63. The molecule has 0 aromatic heterocycles. The van der Waals surface area contributed by atoms with Gasteiger partial charge in [-0.15, -0.1) is 0 Å². The SMILES string of the molecule is COc1ccc(/C=C\c2cc(O)cc(O[C@@H]3O[C@H](COC(C)=O)[C@@H](OC(C)=O)[C@H](OC(C)=O)[C@H]3OC(C)=O)c2)cc1. The van der Waals surface area contributed by atoms with E-state index in [0.29, 0.717) is 11.3 Å². The van der Waals surface area contributed by atoms with E-state index in [-0.39, 0.29) is 11.5 Å². The molecule has 1 N–H and O–H groups in total. The van der Waals surface area contributed by atoms with Crippen LogP contribution in [0.25, 0.3) is 12.2 Å². The van der Waals surface area contributed by atoms with Gasteiger partial charge >= 0.3 is 23.9 Å². The van der Waals surface area contributed by atoms with Crippen LogP contribution in [0.2, 0.25) is 0 Å². The molecular formula is C29H32O12. The fourth-order valence-corrected chi connectivity index (χ4v) is 4.10. The second-order valence-corrected chi connectivity index (χ2v) is 9.05. The van der Waals surface area contributed by atoms with E-state index in [9.17, 15) is 24.3 Å². The number of methoxy groups -OCH3 is 1. The minimum atomic E-state index is -1.43. The van der Waals surface area contributed by atoms with E-state index in [1.165, 1.54) is 19.1 Å². The topological polar surface area (TPSA) is 153 Å². The molecule has 1 fully saturated rings. The Kier molecular flexibility index (Phi) is 10.7. The van der Waals surface area contributed by atoms with Crippen LogP contribution in [0.15, 0.2) is 42.5 Å². The summed E-state index contributed by atoms with van der Waals surface area (Å²) in [6.07, 6.45) is -3.16. The van der Waals surface area contributed by atoms with E-state index in [4.69, 9.17) is 33.2 Å². The van der Waals surface area contributed by atoms with Gasteiger partial charge in [0, 0.05) is 33.8 Å². The van der Waals surface area contributed by atoms with Gasteiger partial charge in [-0.05, 0) is 35.4 Å². The molecule has 0 aliphatic carbocycles. The minimum Gasteiger partial charge on any atom is -0.508 e. The number of carbonyl (C=O) groups excluding carboxylic acids is 4. The first kappa shape index (κ1) is 31.0. The van der Waals surface area contributed by atoms with Crippen molar-refractivity contribution in [2.75, 3.05) is 13.7 Å². The second kappa shape index (κ2) is 14.2. The highest BCUT2D eigenvalue weighted by molar-refractivity contribution is 5.71. The number of esters is 4. The Balaban J connectivity index is 1.95. The third-order valence-corrected chi connectivity index (χ3v) is 5.70. The molecule has 1 heterocycles. The third kappa shape index (κ3) is 9.24. The summed E-state index contributed by atoms with van der Waals surface area (Å²) in [5, 5.41) is 10.4. The zero-order valence-electron chi connectivity index (χ0n) is 23.2. The van der Waals surface area contributed by atoms with Gasteiger partial charge in [-0.2, -0.15) is 0 Å². The Morgan fingerprint density at radius 1 is 0.756 bits per heavy atom. The molecule has 0 unspecified atom stereocenters. The van der Waals surface area contributed by atoms with Crippen LogP contribution in [0, 0.1) is 0 Å². The maximum absolute atomic E-state index is 12.0. The minimum absolute atomic E-state index is 0.111. The van der Waals surface area contributed by atoms with Gasteiger partial charge in [0.1, 0.15) is 30.0 Å². The van der Waals surface area contributed by atoms with Crippen molar-refractivity contribution >= 4 is 36.0 Å². The molecule has 1 saturated heterocycles. The number of benzene rings is 2. The standard InChI is InChI=1S/C29H32O12/c1-16(30)36-15-25-26(37-17(2)31)27(38-18(3)32)28(39-19(4)33)29(41-25)40-24-13-21(12-22(34)14-24)7-6-20-8-10-23(35-5)11-9-20/h6-14,25-29,34H,15H2,1-5H3/b7-6-/t25-,26-,27+,28-,29-/m1/s1. The molecule has 0 spiro atoms.